The minimum atomic E-state index is -0.403. The fourth-order valence-corrected chi connectivity index (χ4v) is 2.09. The Labute approximate surface area is 121 Å². The largest absolute Gasteiger partial charge is 0.377 e. The second-order valence-electron chi connectivity index (χ2n) is 4.52. The third-order valence-electron chi connectivity index (χ3n) is 2.53. The van der Waals surface area contributed by atoms with Crippen molar-refractivity contribution >= 4 is 21.6 Å². The van der Waals surface area contributed by atoms with Crippen LogP contribution in [0.1, 0.15) is 25.8 Å². The summed E-state index contributed by atoms with van der Waals surface area (Å²) in [6, 6.07) is 5.44. The first-order chi connectivity index (χ1) is 9.02. The van der Waals surface area contributed by atoms with Gasteiger partial charge in [-0.2, -0.15) is 0 Å². The Kier molecular flexibility index (Phi) is 6.97. The molecule has 0 aromatic heterocycles. The van der Waals surface area contributed by atoms with E-state index in [1.165, 1.54) is 6.07 Å². The number of hydrogen-bond donors (Lipinski definition) is 1. The summed E-state index contributed by atoms with van der Waals surface area (Å²) in [6.45, 7) is 6.12. The van der Waals surface area contributed by atoms with Crippen LogP contribution in [0.15, 0.2) is 22.7 Å². The predicted molar refractivity (Wildman–Crippen MR) is 78.2 cm³/mol. The molecule has 0 unspecified atom stereocenters. The van der Waals surface area contributed by atoms with E-state index in [9.17, 15) is 10.1 Å². The molecule has 0 radical (unpaired) electrons. The van der Waals surface area contributed by atoms with Gasteiger partial charge in [0.25, 0.3) is 5.69 Å². The van der Waals surface area contributed by atoms with Crippen molar-refractivity contribution < 1.29 is 9.66 Å². The zero-order valence-corrected chi connectivity index (χ0v) is 12.8. The van der Waals surface area contributed by atoms with Crippen molar-refractivity contribution in [3.8, 4) is 0 Å². The lowest BCUT2D eigenvalue weighted by Gasteiger charge is -2.09. The molecule has 0 fully saturated rings. The molecule has 19 heavy (non-hydrogen) atoms. The zero-order chi connectivity index (χ0) is 14.3. The van der Waals surface area contributed by atoms with E-state index in [-0.39, 0.29) is 5.69 Å². The molecule has 0 aliphatic heterocycles. The number of hydrogen-bond acceptors (Lipinski definition) is 4. The molecule has 5 nitrogen and oxygen atoms in total. The maximum Gasteiger partial charge on any atom is 0.283 e. The molecule has 106 valence electrons. The summed E-state index contributed by atoms with van der Waals surface area (Å²) in [6.07, 6.45) is 0.921. The summed E-state index contributed by atoms with van der Waals surface area (Å²) >= 11 is 3.25. The van der Waals surface area contributed by atoms with Gasteiger partial charge in [0.1, 0.15) is 4.47 Å². The maximum atomic E-state index is 10.8. The molecule has 0 saturated heterocycles. The van der Waals surface area contributed by atoms with Crippen LogP contribution in [0.3, 0.4) is 0 Å². The molecule has 0 heterocycles. The van der Waals surface area contributed by atoms with E-state index in [2.05, 4.69) is 35.1 Å². The third kappa shape index (κ3) is 5.67. The predicted octanol–water partition coefficient (Wildman–Crippen LogP) is 3.26. The van der Waals surface area contributed by atoms with Crippen molar-refractivity contribution in [1.29, 1.82) is 0 Å². The third-order valence-corrected chi connectivity index (χ3v) is 3.45. The van der Waals surface area contributed by atoms with E-state index < -0.39 is 4.92 Å². The van der Waals surface area contributed by atoms with Gasteiger partial charge in [0.15, 0.2) is 0 Å². The summed E-state index contributed by atoms with van der Waals surface area (Å²) in [5.41, 5.74) is 0.869. The van der Waals surface area contributed by atoms with Crippen LogP contribution in [0.25, 0.3) is 0 Å². The van der Waals surface area contributed by atoms with Gasteiger partial charge < -0.3 is 10.1 Å². The molecular formula is C13H19BrN2O3. The Morgan fingerprint density at radius 1 is 1.47 bits per heavy atom. The molecule has 1 rings (SSSR count). The summed E-state index contributed by atoms with van der Waals surface area (Å²) in [5.74, 6) is 0. The molecule has 0 spiro atoms. The summed E-state index contributed by atoms with van der Waals surface area (Å²) in [4.78, 5) is 10.4. The zero-order valence-electron chi connectivity index (χ0n) is 11.2. The fraction of sp³-hybridized carbons (Fsp3) is 0.538. The molecule has 1 N–H and O–H groups in total. The van der Waals surface area contributed by atoms with Crippen molar-refractivity contribution in [3.63, 3.8) is 0 Å². The monoisotopic (exact) mass is 330 g/mol. The van der Waals surface area contributed by atoms with E-state index in [0.29, 0.717) is 23.7 Å². The number of nitrogens with one attached hydrogen (secondary N) is 1. The van der Waals surface area contributed by atoms with Crippen LogP contribution in [0.2, 0.25) is 0 Å². The summed E-state index contributed by atoms with van der Waals surface area (Å²) in [7, 11) is 0. The first kappa shape index (κ1) is 16.1. The molecule has 6 heteroatoms. The summed E-state index contributed by atoms with van der Waals surface area (Å²) in [5, 5.41) is 14.1. The van der Waals surface area contributed by atoms with Gasteiger partial charge in [0, 0.05) is 18.7 Å². The smallest absolute Gasteiger partial charge is 0.283 e. The second kappa shape index (κ2) is 8.24. The Bertz CT molecular complexity index is 424. The number of halogens is 1. The first-order valence-electron chi connectivity index (χ1n) is 6.25. The highest BCUT2D eigenvalue weighted by molar-refractivity contribution is 9.10. The van der Waals surface area contributed by atoms with E-state index in [1.807, 2.05) is 6.07 Å². The van der Waals surface area contributed by atoms with E-state index >= 15 is 0 Å². The molecule has 0 aliphatic carbocycles. The van der Waals surface area contributed by atoms with Gasteiger partial charge in [0.05, 0.1) is 11.5 Å². The minimum Gasteiger partial charge on any atom is -0.377 e. The lowest BCUT2D eigenvalue weighted by atomic mass is 10.2. The minimum absolute atomic E-state index is 0.0718. The Balaban J connectivity index is 2.37. The number of nitrogens with zero attached hydrogens (tertiary/aromatic N) is 1. The molecule has 0 aliphatic rings. The standard InChI is InChI=1S/C13H19BrN2O3/c1-10(2)15-7-4-8-19-9-11-5-3-6-12(13(11)14)16(17)18/h3,5-6,10,15H,4,7-9H2,1-2H3. The van der Waals surface area contributed by atoms with Gasteiger partial charge in [0.2, 0.25) is 0 Å². The number of rotatable bonds is 8. The fourth-order valence-electron chi connectivity index (χ4n) is 1.57. The Hall–Kier alpha value is -0.980. The Morgan fingerprint density at radius 2 is 2.21 bits per heavy atom. The highest BCUT2D eigenvalue weighted by Crippen LogP contribution is 2.28. The van der Waals surface area contributed by atoms with Crippen LogP contribution >= 0.6 is 15.9 Å². The SMILES string of the molecule is CC(C)NCCCOCc1cccc([N+](=O)[O-])c1Br. The van der Waals surface area contributed by atoms with Gasteiger partial charge in [-0.05, 0) is 34.5 Å². The topological polar surface area (TPSA) is 64.4 Å². The van der Waals surface area contributed by atoms with Crippen LogP contribution in [0.5, 0.6) is 0 Å². The quantitative estimate of drug-likeness (QED) is 0.451. The van der Waals surface area contributed by atoms with Crippen LogP contribution in [0.4, 0.5) is 5.69 Å². The van der Waals surface area contributed by atoms with Gasteiger partial charge in [-0.15, -0.1) is 0 Å². The van der Waals surface area contributed by atoms with Gasteiger partial charge in [-0.25, -0.2) is 0 Å². The molecule has 1 aromatic carbocycles. The van der Waals surface area contributed by atoms with Crippen molar-refractivity contribution in [3.05, 3.63) is 38.3 Å². The van der Waals surface area contributed by atoms with Gasteiger partial charge in [-0.1, -0.05) is 26.0 Å². The van der Waals surface area contributed by atoms with Gasteiger partial charge >= 0.3 is 0 Å². The number of benzene rings is 1. The van der Waals surface area contributed by atoms with Crippen LogP contribution in [-0.4, -0.2) is 24.1 Å². The average Bonchev–Trinajstić information content (AvgIpc) is 2.34. The van der Waals surface area contributed by atoms with Gasteiger partial charge in [-0.3, -0.25) is 10.1 Å². The number of ether oxygens (including phenoxy) is 1. The van der Waals surface area contributed by atoms with Crippen molar-refractivity contribution in [2.75, 3.05) is 13.2 Å². The van der Waals surface area contributed by atoms with Crippen LogP contribution in [0, 0.1) is 10.1 Å². The summed E-state index contributed by atoms with van der Waals surface area (Å²) < 4.78 is 6.02. The number of nitro groups is 1. The molecule has 1 aromatic rings. The molecular weight excluding hydrogens is 312 g/mol. The molecule has 0 bridgehead atoms. The Morgan fingerprint density at radius 3 is 2.84 bits per heavy atom. The van der Waals surface area contributed by atoms with Crippen LogP contribution in [-0.2, 0) is 11.3 Å². The van der Waals surface area contributed by atoms with Crippen LogP contribution < -0.4 is 5.32 Å². The lowest BCUT2D eigenvalue weighted by Crippen LogP contribution is -2.24. The van der Waals surface area contributed by atoms with E-state index in [0.717, 1.165) is 18.5 Å². The lowest BCUT2D eigenvalue weighted by molar-refractivity contribution is -0.385. The normalized spacial score (nSPS) is 10.9. The van der Waals surface area contributed by atoms with Crippen molar-refractivity contribution in [2.45, 2.75) is 32.9 Å². The highest BCUT2D eigenvalue weighted by atomic mass is 79.9. The molecule has 0 saturated carbocycles. The van der Waals surface area contributed by atoms with Crippen molar-refractivity contribution in [1.82, 2.24) is 5.32 Å². The average molecular weight is 331 g/mol. The molecule has 0 amide bonds. The van der Waals surface area contributed by atoms with E-state index in [4.69, 9.17) is 4.74 Å². The highest BCUT2D eigenvalue weighted by Gasteiger charge is 2.14. The second-order valence-corrected chi connectivity index (χ2v) is 5.32. The maximum absolute atomic E-state index is 10.8. The number of nitro benzene ring substituents is 1. The first-order valence-corrected chi connectivity index (χ1v) is 7.04. The van der Waals surface area contributed by atoms with E-state index in [1.54, 1.807) is 6.07 Å². The molecule has 0 atom stereocenters. The van der Waals surface area contributed by atoms with Crippen molar-refractivity contribution in [2.24, 2.45) is 0 Å².